The molecule has 0 bridgehead atoms. The third-order valence-electron chi connectivity index (χ3n) is 3.63. The maximum absolute atomic E-state index is 12.4. The molecule has 2 N–H and O–H groups in total. The van der Waals surface area contributed by atoms with E-state index in [2.05, 4.69) is 0 Å². The van der Waals surface area contributed by atoms with Gasteiger partial charge in [0, 0.05) is 12.6 Å². The minimum Gasteiger partial charge on any atom is -0.494 e. The van der Waals surface area contributed by atoms with E-state index in [1.54, 1.807) is 6.92 Å². The summed E-state index contributed by atoms with van der Waals surface area (Å²) in [6, 6.07) is 1.16. The van der Waals surface area contributed by atoms with Gasteiger partial charge in [0.1, 0.15) is 4.90 Å². The fourth-order valence-corrected chi connectivity index (χ4v) is 4.52. The van der Waals surface area contributed by atoms with Crippen molar-refractivity contribution in [1.29, 1.82) is 0 Å². The van der Waals surface area contributed by atoms with Crippen LogP contribution in [-0.2, 0) is 16.4 Å². The van der Waals surface area contributed by atoms with Gasteiger partial charge in [0.15, 0.2) is 15.7 Å². The van der Waals surface area contributed by atoms with Crippen LogP contribution >= 0.6 is 0 Å². The second-order valence-corrected chi connectivity index (χ2v) is 6.94. The zero-order chi connectivity index (χ0) is 13.3. The molecule has 102 valence electrons. The van der Waals surface area contributed by atoms with E-state index in [0.717, 1.165) is 25.3 Å². The predicted molar refractivity (Wildman–Crippen MR) is 67.5 cm³/mol. The summed E-state index contributed by atoms with van der Waals surface area (Å²) in [4.78, 5) is -0.131. The third kappa shape index (κ3) is 2.09. The number of aromatic nitrogens is 1. The molecule has 1 aliphatic rings. The van der Waals surface area contributed by atoms with Crippen molar-refractivity contribution in [2.45, 2.75) is 55.7 Å². The molecule has 0 unspecified atom stereocenters. The Morgan fingerprint density at radius 3 is 2.39 bits per heavy atom. The van der Waals surface area contributed by atoms with Crippen LogP contribution in [0.25, 0.3) is 0 Å². The summed E-state index contributed by atoms with van der Waals surface area (Å²) in [5.41, 5.74) is 0. The van der Waals surface area contributed by atoms with Crippen molar-refractivity contribution >= 4 is 9.84 Å². The van der Waals surface area contributed by atoms with E-state index in [4.69, 9.17) is 0 Å². The molecule has 0 aromatic carbocycles. The van der Waals surface area contributed by atoms with Gasteiger partial charge in [-0.3, -0.25) is 4.57 Å². The Bertz CT molecular complexity index is 527. The van der Waals surface area contributed by atoms with Gasteiger partial charge in [0.25, 0.3) is 0 Å². The minimum atomic E-state index is -3.54. The molecular weight excluding hydrogens is 254 g/mol. The first-order chi connectivity index (χ1) is 8.48. The maximum atomic E-state index is 12.4. The molecule has 1 aliphatic carbocycles. The first-order valence-electron chi connectivity index (χ1n) is 6.33. The summed E-state index contributed by atoms with van der Waals surface area (Å²) in [7, 11) is -3.54. The summed E-state index contributed by atoms with van der Waals surface area (Å²) in [5, 5.41) is 19.1. The van der Waals surface area contributed by atoms with Crippen molar-refractivity contribution in [3.05, 3.63) is 6.07 Å². The average molecular weight is 273 g/mol. The van der Waals surface area contributed by atoms with Crippen molar-refractivity contribution in [3.8, 4) is 11.8 Å². The summed E-state index contributed by atoms with van der Waals surface area (Å²) in [6.45, 7) is 2.06. The van der Waals surface area contributed by atoms with Crippen molar-refractivity contribution in [3.63, 3.8) is 0 Å². The molecule has 1 fully saturated rings. The lowest BCUT2D eigenvalue weighted by Crippen LogP contribution is -2.23. The van der Waals surface area contributed by atoms with Crippen LogP contribution in [0.5, 0.6) is 11.8 Å². The minimum absolute atomic E-state index is 0.131. The van der Waals surface area contributed by atoms with Crippen molar-refractivity contribution in [2.24, 2.45) is 0 Å². The first-order valence-corrected chi connectivity index (χ1v) is 7.88. The topological polar surface area (TPSA) is 79.5 Å². The van der Waals surface area contributed by atoms with Crippen LogP contribution in [0.2, 0.25) is 0 Å². The number of nitrogens with zero attached hydrogens (tertiary/aromatic N) is 1. The normalized spacial score (nSPS) is 18.1. The van der Waals surface area contributed by atoms with Gasteiger partial charge in [-0.1, -0.05) is 19.3 Å². The maximum Gasteiger partial charge on any atom is 0.213 e. The number of aromatic hydroxyl groups is 2. The Morgan fingerprint density at radius 1 is 1.28 bits per heavy atom. The fourth-order valence-electron chi connectivity index (χ4n) is 2.58. The second kappa shape index (κ2) is 4.84. The van der Waals surface area contributed by atoms with E-state index in [0.29, 0.717) is 19.4 Å². The summed E-state index contributed by atoms with van der Waals surface area (Å²) < 4.78 is 26.0. The lowest BCUT2D eigenvalue weighted by atomic mass is 10.0. The second-order valence-electron chi connectivity index (χ2n) is 4.74. The Labute approximate surface area is 107 Å². The van der Waals surface area contributed by atoms with Crippen LogP contribution < -0.4 is 0 Å². The molecule has 1 aromatic heterocycles. The van der Waals surface area contributed by atoms with Crippen LogP contribution in [0.15, 0.2) is 11.0 Å². The highest BCUT2D eigenvalue weighted by Crippen LogP contribution is 2.36. The molecule has 2 rings (SSSR count). The lowest BCUT2D eigenvalue weighted by molar-refractivity contribution is 0.368. The number of sulfone groups is 1. The smallest absolute Gasteiger partial charge is 0.213 e. The molecule has 1 saturated carbocycles. The molecule has 0 amide bonds. The molecule has 5 nitrogen and oxygen atoms in total. The summed E-state index contributed by atoms with van der Waals surface area (Å²) in [6.07, 6.45) is 4.16. The Balaban J connectivity index is 2.41. The number of hydrogen-bond acceptors (Lipinski definition) is 4. The number of hydrogen-bond donors (Lipinski definition) is 2. The van der Waals surface area contributed by atoms with Crippen LogP contribution in [0.3, 0.4) is 0 Å². The lowest BCUT2D eigenvalue weighted by Gasteiger charge is -2.21. The largest absolute Gasteiger partial charge is 0.494 e. The van der Waals surface area contributed by atoms with E-state index in [-0.39, 0.29) is 16.7 Å². The van der Waals surface area contributed by atoms with Gasteiger partial charge in [-0.25, -0.2) is 8.42 Å². The van der Waals surface area contributed by atoms with Crippen LogP contribution in [0.4, 0.5) is 0 Å². The van der Waals surface area contributed by atoms with Crippen LogP contribution in [0.1, 0.15) is 39.0 Å². The molecule has 1 heterocycles. The molecule has 0 radical (unpaired) electrons. The summed E-state index contributed by atoms with van der Waals surface area (Å²) >= 11 is 0. The van der Waals surface area contributed by atoms with E-state index >= 15 is 0 Å². The van der Waals surface area contributed by atoms with Crippen LogP contribution in [0, 0.1) is 0 Å². The van der Waals surface area contributed by atoms with Crippen LogP contribution in [-0.4, -0.2) is 28.4 Å². The highest BCUT2D eigenvalue weighted by Gasteiger charge is 2.33. The van der Waals surface area contributed by atoms with Crippen molar-refractivity contribution < 1.29 is 18.6 Å². The Hall–Kier alpha value is -1.17. The summed E-state index contributed by atoms with van der Waals surface area (Å²) in [5.74, 6) is -0.551. The standard InChI is InChI=1S/C12H19NO4S/c1-2-13-11(14)8-10(12(13)15)18(16,17)9-6-4-3-5-7-9/h8-9,14-15H,2-7H2,1H3. The van der Waals surface area contributed by atoms with Gasteiger partial charge in [-0.05, 0) is 19.8 Å². The monoisotopic (exact) mass is 273 g/mol. The van der Waals surface area contributed by atoms with E-state index < -0.39 is 15.1 Å². The molecule has 18 heavy (non-hydrogen) atoms. The molecule has 0 spiro atoms. The van der Waals surface area contributed by atoms with Gasteiger partial charge < -0.3 is 10.2 Å². The number of rotatable bonds is 3. The first kappa shape index (κ1) is 13.3. The van der Waals surface area contributed by atoms with Gasteiger partial charge >= 0.3 is 0 Å². The van der Waals surface area contributed by atoms with E-state index in [9.17, 15) is 18.6 Å². The zero-order valence-corrected chi connectivity index (χ0v) is 11.3. The molecule has 0 saturated heterocycles. The molecule has 1 aromatic rings. The molecule has 0 atom stereocenters. The van der Waals surface area contributed by atoms with Crippen molar-refractivity contribution in [1.82, 2.24) is 4.57 Å². The van der Waals surface area contributed by atoms with E-state index in [1.165, 1.54) is 4.57 Å². The van der Waals surface area contributed by atoms with E-state index in [1.807, 2.05) is 0 Å². The van der Waals surface area contributed by atoms with Crippen molar-refractivity contribution in [2.75, 3.05) is 0 Å². The SMILES string of the molecule is CCn1c(O)cc(S(=O)(=O)C2CCCCC2)c1O. The molecular formula is C12H19NO4S. The predicted octanol–water partition coefficient (Wildman–Crippen LogP) is 2.03. The quantitative estimate of drug-likeness (QED) is 0.883. The van der Waals surface area contributed by atoms with Gasteiger partial charge in [-0.15, -0.1) is 0 Å². The highest BCUT2D eigenvalue weighted by molar-refractivity contribution is 7.92. The highest BCUT2D eigenvalue weighted by atomic mass is 32.2. The Kier molecular flexibility index (Phi) is 3.56. The van der Waals surface area contributed by atoms with Gasteiger partial charge in [0.2, 0.25) is 5.88 Å². The zero-order valence-electron chi connectivity index (χ0n) is 10.5. The average Bonchev–Trinajstić information content (AvgIpc) is 2.66. The molecule has 6 heteroatoms. The van der Waals surface area contributed by atoms with Gasteiger partial charge in [-0.2, -0.15) is 0 Å². The Morgan fingerprint density at radius 2 is 1.89 bits per heavy atom. The third-order valence-corrected chi connectivity index (χ3v) is 5.89. The fraction of sp³-hybridized carbons (Fsp3) is 0.667. The van der Waals surface area contributed by atoms with Gasteiger partial charge in [0.05, 0.1) is 5.25 Å². The molecule has 0 aliphatic heterocycles.